The zero-order valence-electron chi connectivity index (χ0n) is 9.54. The van der Waals surface area contributed by atoms with Crippen molar-refractivity contribution in [1.82, 2.24) is 9.78 Å². The molecule has 3 nitrogen and oxygen atoms in total. The minimum Gasteiger partial charge on any atom is -0.393 e. The molecule has 0 radical (unpaired) electrons. The van der Waals surface area contributed by atoms with Crippen molar-refractivity contribution >= 4 is 0 Å². The van der Waals surface area contributed by atoms with E-state index in [0.717, 1.165) is 11.4 Å². The largest absolute Gasteiger partial charge is 0.393 e. The monoisotopic (exact) mass is 216 g/mol. The van der Waals surface area contributed by atoms with Gasteiger partial charge in [0.25, 0.3) is 0 Å². The molecule has 1 heterocycles. The lowest BCUT2D eigenvalue weighted by atomic mass is 10.0. The van der Waals surface area contributed by atoms with Crippen LogP contribution in [0.25, 0.3) is 5.69 Å². The highest BCUT2D eigenvalue weighted by Gasteiger charge is 2.16. The Morgan fingerprint density at radius 1 is 1.12 bits per heavy atom. The van der Waals surface area contributed by atoms with Gasteiger partial charge >= 0.3 is 0 Å². The lowest BCUT2D eigenvalue weighted by Crippen LogP contribution is -2.15. The van der Waals surface area contributed by atoms with E-state index in [-0.39, 0.29) is 12.0 Å². The minimum atomic E-state index is -0.376. The summed E-state index contributed by atoms with van der Waals surface area (Å²) < 4.78 is 1.87. The molecule has 0 amide bonds. The van der Waals surface area contributed by atoms with Crippen LogP contribution in [0.4, 0.5) is 0 Å². The van der Waals surface area contributed by atoms with Gasteiger partial charge in [-0.3, -0.25) is 0 Å². The number of benzene rings is 1. The van der Waals surface area contributed by atoms with Crippen LogP contribution in [0.5, 0.6) is 0 Å². The third kappa shape index (κ3) is 1.99. The molecule has 2 atom stereocenters. The van der Waals surface area contributed by atoms with Crippen molar-refractivity contribution in [1.29, 1.82) is 0 Å². The zero-order chi connectivity index (χ0) is 11.5. The molecule has 0 saturated heterocycles. The summed E-state index contributed by atoms with van der Waals surface area (Å²) in [6, 6.07) is 11.9. The summed E-state index contributed by atoms with van der Waals surface area (Å²) in [5, 5.41) is 13.9. The molecule has 2 unspecified atom stereocenters. The number of rotatable bonds is 3. The highest BCUT2D eigenvalue weighted by atomic mass is 16.3. The van der Waals surface area contributed by atoms with Crippen molar-refractivity contribution < 1.29 is 5.11 Å². The Balaban J connectivity index is 2.40. The van der Waals surface area contributed by atoms with E-state index in [9.17, 15) is 5.11 Å². The molecule has 0 fully saturated rings. The van der Waals surface area contributed by atoms with Crippen molar-refractivity contribution in [2.75, 3.05) is 0 Å². The van der Waals surface area contributed by atoms with Crippen LogP contribution in [0.3, 0.4) is 0 Å². The Morgan fingerprint density at radius 3 is 2.44 bits per heavy atom. The molecule has 0 saturated carbocycles. The molecule has 84 valence electrons. The summed E-state index contributed by atoms with van der Waals surface area (Å²) in [5.74, 6) is 0.0720. The van der Waals surface area contributed by atoms with Gasteiger partial charge in [0.1, 0.15) is 0 Å². The average Bonchev–Trinajstić information content (AvgIpc) is 2.77. The molecule has 2 aromatic rings. The van der Waals surface area contributed by atoms with E-state index in [1.807, 2.05) is 48.0 Å². The summed E-state index contributed by atoms with van der Waals surface area (Å²) >= 11 is 0. The van der Waals surface area contributed by atoms with Crippen LogP contribution < -0.4 is 0 Å². The van der Waals surface area contributed by atoms with Gasteiger partial charge in [0.05, 0.1) is 11.8 Å². The van der Waals surface area contributed by atoms with Crippen LogP contribution in [-0.2, 0) is 0 Å². The molecule has 0 spiro atoms. The fourth-order valence-corrected chi connectivity index (χ4v) is 1.69. The summed E-state index contributed by atoms with van der Waals surface area (Å²) in [6.07, 6.45) is 1.39. The van der Waals surface area contributed by atoms with E-state index in [4.69, 9.17) is 0 Å². The smallest absolute Gasteiger partial charge is 0.0648 e. The minimum absolute atomic E-state index is 0.0720. The number of aromatic nitrogens is 2. The predicted octanol–water partition coefficient (Wildman–Crippen LogP) is 2.36. The third-order valence-corrected chi connectivity index (χ3v) is 2.86. The standard InChI is InChI=1S/C13H16N2O/c1-10(11(2)16)13-8-9-14-15(13)12-6-4-3-5-7-12/h3-11,16H,1-2H3. The lowest BCUT2D eigenvalue weighted by molar-refractivity contribution is 0.166. The van der Waals surface area contributed by atoms with Gasteiger partial charge < -0.3 is 5.11 Å². The van der Waals surface area contributed by atoms with Crippen molar-refractivity contribution in [2.24, 2.45) is 0 Å². The first-order valence-corrected chi connectivity index (χ1v) is 5.47. The summed E-state index contributed by atoms with van der Waals surface area (Å²) in [7, 11) is 0. The number of nitrogens with zero attached hydrogens (tertiary/aromatic N) is 2. The number of hydrogen-bond acceptors (Lipinski definition) is 2. The van der Waals surface area contributed by atoms with Crippen LogP contribution in [0.1, 0.15) is 25.5 Å². The maximum Gasteiger partial charge on any atom is 0.0648 e. The van der Waals surface area contributed by atoms with Crippen LogP contribution in [-0.4, -0.2) is 21.0 Å². The first-order valence-electron chi connectivity index (χ1n) is 5.47. The first kappa shape index (κ1) is 10.9. The number of aliphatic hydroxyl groups excluding tert-OH is 1. The molecule has 0 aliphatic rings. The quantitative estimate of drug-likeness (QED) is 0.855. The molecular formula is C13H16N2O. The predicted molar refractivity (Wildman–Crippen MR) is 63.7 cm³/mol. The van der Waals surface area contributed by atoms with E-state index < -0.39 is 0 Å². The van der Waals surface area contributed by atoms with Crippen LogP contribution in [0.2, 0.25) is 0 Å². The molecule has 0 bridgehead atoms. The maximum atomic E-state index is 9.62. The fraction of sp³-hybridized carbons (Fsp3) is 0.308. The van der Waals surface area contributed by atoms with E-state index >= 15 is 0 Å². The Hall–Kier alpha value is -1.61. The SMILES string of the molecule is CC(O)C(C)c1ccnn1-c1ccccc1. The molecule has 3 heteroatoms. The molecule has 2 rings (SSSR count). The van der Waals surface area contributed by atoms with Gasteiger partial charge in [-0.15, -0.1) is 0 Å². The van der Waals surface area contributed by atoms with Crippen molar-refractivity contribution in [3.8, 4) is 5.69 Å². The van der Waals surface area contributed by atoms with Gasteiger partial charge in [-0.1, -0.05) is 25.1 Å². The molecule has 1 N–H and O–H groups in total. The molecule has 1 aromatic carbocycles. The molecule has 0 aliphatic carbocycles. The van der Waals surface area contributed by atoms with Gasteiger partial charge in [-0.25, -0.2) is 4.68 Å². The molecular weight excluding hydrogens is 200 g/mol. The lowest BCUT2D eigenvalue weighted by Gasteiger charge is -2.16. The van der Waals surface area contributed by atoms with Gasteiger partial charge in [0.2, 0.25) is 0 Å². The number of hydrogen-bond donors (Lipinski definition) is 1. The summed E-state index contributed by atoms with van der Waals surface area (Å²) in [6.45, 7) is 3.80. The highest BCUT2D eigenvalue weighted by Crippen LogP contribution is 2.21. The van der Waals surface area contributed by atoms with Crippen LogP contribution in [0, 0.1) is 0 Å². The molecule has 16 heavy (non-hydrogen) atoms. The van der Waals surface area contributed by atoms with E-state index in [1.165, 1.54) is 0 Å². The van der Waals surface area contributed by atoms with Gasteiger partial charge in [0, 0.05) is 17.8 Å². The summed E-state index contributed by atoms with van der Waals surface area (Å²) in [5.41, 5.74) is 2.05. The van der Waals surface area contributed by atoms with Crippen LogP contribution in [0.15, 0.2) is 42.6 Å². The fourth-order valence-electron chi connectivity index (χ4n) is 1.69. The van der Waals surface area contributed by atoms with Gasteiger partial charge in [-0.05, 0) is 25.1 Å². The van der Waals surface area contributed by atoms with E-state index in [2.05, 4.69) is 5.10 Å². The van der Waals surface area contributed by atoms with E-state index in [0.29, 0.717) is 0 Å². The second-order valence-corrected chi connectivity index (χ2v) is 4.03. The second-order valence-electron chi connectivity index (χ2n) is 4.03. The van der Waals surface area contributed by atoms with E-state index in [1.54, 1.807) is 13.1 Å². The average molecular weight is 216 g/mol. The zero-order valence-corrected chi connectivity index (χ0v) is 9.54. The third-order valence-electron chi connectivity index (χ3n) is 2.86. The summed E-state index contributed by atoms with van der Waals surface area (Å²) in [4.78, 5) is 0. The van der Waals surface area contributed by atoms with Crippen molar-refractivity contribution in [3.63, 3.8) is 0 Å². The van der Waals surface area contributed by atoms with Gasteiger partial charge in [-0.2, -0.15) is 5.10 Å². The first-order chi connectivity index (χ1) is 7.70. The Kier molecular flexibility index (Phi) is 3.06. The Morgan fingerprint density at radius 2 is 1.81 bits per heavy atom. The highest BCUT2D eigenvalue weighted by molar-refractivity contribution is 5.33. The second kappa shape index (κ2) is 4.49. The van der Waals surface area contributed by atoms with Gasteiger partial charge in [0.15, 0.2) is 0 Å². The number of para-hydroxylation sites is 1. The van der Waals surface area contributed by atoms with Crippen LogP contribution >= 0.6 is 0 Å². The topological polar surface area (TPSA) is 38.1 Å². The molecule has 0 aliphatic heterocycles. The Bertz CT molecular complexity index is 448. The maximum absolute atomic E-state index is 9.62. The van der Waals surface area contributed by atoms with Crippen molar-refractivity contribution in [2.45, 2.75) is 25.9 Å². The van der Waals surface area contributed by atoms with Crippen molar-refractivity contribution in [3.05, 3.63) is 48.3 Å². The Labute approximate surface area is 95.3 Å². The normalized spacial score (nSPS) is 14.7. The molecule has 1 aromatic heterocycles. The number of aliphatic hydroxyl groups is 1.